The first kappa shape index (κ1) is 9.24. The molecule has 4 heteroatoms. The molecule has 0 spiro atoms. The summed E-state index contributed by atoms with van der Waals surface area (Å²) >= 11 is 0. The van der Waals surface area contributed by atoms with Crippen molar-refractivity contribution in [3.63, 3.8) is 0 Å². The lowest BCUT2D eigenvalue weighted by atomic mass is 9.66. The summed E-state index contributed by atoms with van der Waals surface area (Å²) in [4.78, 5) is 22.3. The van der Waals surface area contributed by atoms with E-state index in [1.165, 1.54) is 6.92 Å². The first-order valence-electron chi connectivity index (χ1n) is 4.58. The molecule has 0 aliphatic heterocycles. The normalized spacial score (nSPS) is 44.2. The second-order valence-electron chi connectivity index (χ2n) is 4.44. The van der Waals surface area contributed by atoms with E-state index in [-0.39, 0.29) is 5.92 Å². The molecule has 14 heavy (non-hydrogen) atoms. The van der Waals surface area contributed by atoms with Crippen LogP contribution in [-0.4, -0.2) is 22.2 Å². The predicted octanol–water partition coefficient (Wildman–Crippen LogP) is 1.13. The van der Waals surface area contributed by atoms with Gasteiger partial charge in [-0.3, -0.25) is 9.59 Å². The molecule has 3 atom stereocenters. The third-order valence-corrected chi connectivity index (χ3v) is 3.75. The van der Waals surface area contributed by atoms with Crippen LogP contribution in [0.2, 0.25) is 0 Å². The second-order valence-corrected chi connectivity index (χ2v) is 4.44. The van der Waals surface area contributed by atoms with Gasteiger partial charge in [-0.1, -0.05) is 12.2 Å². The molecule has 0 aromatic rings. The van der Waals surface area contributed by atoms with E-state index in [9.17, 15) is 9.59 Å². The van der Waals surface area contributed by atoms with Crippen LogP contribution in [0.5, 0.6) is 0 Å². The number of carboxylic acids is 2. The zero-order chi connectivity index (χ0) is 10.6. The lowest BCUT2D eigenvalue weighted by Crippen LogP contribution is -2.45. The molecule has 0 aromatic heterocycles. The van der Waals surface area contributed by atoms with Gasteiger partial charge in [-0.15, -0.1) is 0 Å². The molecule has 4 nitrogen and oxygen atoms in total. The van der Waals surface area contributed by atoms with Crippen molar-refractivity contribution in [3.8, 4) is 0 Å². The molecule has 1 saturated carbocycles. The number of carbonyl (C=O) groups is 2. The Morgan fingerprint density at radius 3 is 2.29 bits per heavy atom. The smallest absolute Gasteiger partial charge is 0.314 e. The molecule has 0 radical (unpaired) electrons. The van der Waals surface area contributed by atoms with Gasteiger partial charge in [0.2, 0.25) is 0 Å². The summed E-state index contributed by atoms with van der Waals surface area (Å²) in [5.74, 6) is -1.91. The number of carboxylic acid groups (broad SMARTS) is 2. The molecule has 2 N–H and O–H groups in total. The SMILES string of the molecule is CC1(C(=O)O)CC2C=CC1(C(=O)O)C2. The van der Waals surface area contributed by atoms with Crippen molar-refractivity contribution in [2.24, 2.45) is 16.7 Å². The van der Waals surface area contributed by atoms with Crippen LogP contribution >= 0.6 is 0 Å². The average molecular weight is 196 g/mol. The van der Waals surface area contributed by atoms with E-state index in [1.54, 1.807) is 6.08 Å². The fraction of sp³-hybridized carbons (Fsp3) is 0.600. The minimum atomic E-state index is -1.18. The Morgan fingerprint density at radius 2 is 1.93 bits per heavy atom. The van der Waals surface area contributed by atoms with Gasteiger partial charge in [-0.25, -0.2) is 0 Å². The molecular formula is C10H12O4. The Kier molecular flexibility index (Phi) is 1.57. The van der Waals surface area contributed by atoms with Gasteiger partial charge < -0.3 is 10.2 Å². The maximum atomic E-state index is 11.2. The summed E-state index contributed by atoms with van der Waals surface area (Å²) < 4.78 is 0. The Hall–Kier alpha value is -1.32. The molecule has 0 saturated heterocycles. The van der Waals surface area contributed by atoms with E-state index < -0.39 is 22.8 Å². The van der Waals surface area contributed by atoms with Gasteiger partial charge in [0.05, 0.1) is 5.41 Å². The highest BCUT2D eigenvalue weighted by atomic mass is 16.4. The van der Waals surface area contributed by atoms with E-state index in [0.29, 0.717) is 12.8 Å². The van der Waals surface area contributed by atoms with Gasteiger partial charge >= 0.3 is 11.9 Å². The molecule has 76 valence electrons. The maximum Gasteiger partial charge on any atom is 0.314 e. The predicted molar refractivity (Wildman–Crippen MR) is 47.7 cm³/mol. The summed E-state index contributed by atoms with van der Waals surface area (Å²) in [7, 11) is 0. The molecule has 0 amide bonds. The highest BCUT2D eigenvalue weighted by Crippen LogP contribution is 2.60. The van der Waals surface area contributed by atoms with Gasteiger partial charge in [-0.2, -0.15) is 0 Å². The molecular weight excluding hydrogens is 184 g/mol. The van der Waals surface area contributed by atoms with Crippen LogP contribution in [0.3, 0.4) is 0 Å². The van der Waals surface area contributed by atoms with E-state index >= 15 is 0 Å². The highest BCUT2D eigenvalue weighted by Gasteiger charge is 2.65. The fourth-order valence-corrected chi connectivity index (χ4v) is 2.78. The molecule has 2 aliphatic carbocycles. The number of rotatable bonds is 2. The topological polar surface area (TPSA) is 74.6 Å². The molecule has 3 unspecified atom stereocenters. The molecule has 0 aromatic carbocycles. The zero-order valence-corrected chi connectivity index (χ0v) is 7.86. The zero-order valence-electron chi connectivity index (χ0n) is 7.86. The summed E-state index contributed by atoms with van der Waals surface area (Å²) in [6.45, 7) is 1.53. The number of allylic oxidation sites excluding steroid dienone is 1. The van der Waals surface area contributed by atoms with Gasteiger partial charge in [0.25, 0.3) is 0 Å². The molecule has 2 aliphatic rings. The van der Waals surface area contributed by atoms with Crippen LogP contribution in [-0.2, 0) is 9.59 Å². The van der Waals surface area contributed by atoms with Crippen LogP contribution in [0.4, 0.5) is 0 Å². The quantitative estimate of drug-likeness (QED) is 0.649. The number of hydrogen-bond donors (Lipinski definition) is 2. The van der Waals surface area contributed by atoms with Crippen molar-refractivity contribution >= 4 is 11.9 Å². The summed E-state index contributed by atoms with van der Waals surface area (Å²) in [6, 6.07) is 0. The Morgan fingerprint density at radius 1 is 1.29 bits per heavy atom. The summed E-state index contributed by atoms with van der Waals surface area (Å²) in [6.07, 6.45) is 4.27. The van der Waals surface area contributed by atoms with Crippen LogP contribution in [0.1, 0.15) is 19.8 Å². The average Bonchev–Trinajstić information content (AvgIpc) is 2.60. The number of hydrogen-bond acceptors (Lipinski definition) is 2. The Labute approximate surface area is 81.2 Å². The van der Waals surface area contributed by atoms with E-state index in [2.05, 4.69) is 0 Å². The summed E-state index contributed by atoms with van der Waals surface area (Å²) in [5, 5.41) is 18.3. The molecule has 2 rings (SSSR count). The Balaban J connectivity index is 2.52. The molecule has 1 fully saturated rings. The van der Waals surface area contributed by atoms with Gasteiger partial charge in [0, 0.05) is 0 Å². The van der Waals surface area contributed by atoms with Crippen molar-refractivity contribution in [1.29, 1.82) is 0 Å². The van der Waals surface area contributed by atoms with Crippen LogP contribution in [0, 0.1) is 16.7 Å². The van der Waals surface area contributed by atoms with Crippen LogP contribution in [0.25, 0.3) is 0 Å². The fourth-order valence-electron chi connectivity index (χ4n) is 2.78. The third-order valence-electron chi connectivity index (χ3n) is 3.75. The van der Waals surface area contributed by atoms with Gasteiger partial charge in [-0.05, 0) is 25.7 Å². The highest BCUT2D eigenvalue weighted by molar-refractivity contribution is 5.89. The standard InChI is InChI=1S/C10H12O4/c1-9(7(11)12)4-6-2-3-10(9,5-6)8(13)14/h2-3,6H,4-5H2,1H3,(H,11,12)(H,13,14). The van der Waals surface area contributed by atoms with Crippen LogP contribution < -0.4 is 0 Å². The molecule has 2 bridgehead atoms. The van der Waals surface area contributed by atoms with E-state index in [4.69, 9.17) is 10.2 Å². The largest absolute Gasteiger partial charge is 0.481 e. The third kappa shape index (κ3) is 0.786. The van der Waals surface area contributed by atoms with Crippen molar-refractivity contribution in [1.82, 2.24) is 0 Å². The summed E-state index contributed by atoms with van der Waals surface area (Å²) in [5.41, 5.74) is -2.32. The van der Waals surface area contributed by atoms with Crippen molar-refractivity contribution in [3.05, 3.63) is 12.2 Å². The maximum absolute atomic E-state index is 11.2. The van der Waals surface area contributed by atoms with E-state index in [0.717, 1.165) is 0 Å². The minimum absolute atomic E-state index is 0.118. The Bertz CT molecular complexity index is 346. The number of aliphatic carboxylic acids is 2. The van der Waals surface area contributed by atoms with Crippen molar-refractivity contribution in [2.75, 3.05) is 0 Å². The van der Waals surface area contributed by atoms with Crippen molar-refractivity contribution < 1.29 is 19.8 Å². The minimum Gasteiger partial charge on any atom is -0.481 e. The van der Waals surface area contributed by atoms with Gasteiger partial charge in [0.15, 0.2) is 0 Å². The first-order chi connectivity index (χ1) is 6.42. The van der Waals surface area contributed by atoms with Crippen molar-refractivity contribution in [2.45, 2.75) is 19.8 Å². The van der Waals surface area contributed by atoms with Crippen LogP contribution in [0.15, 0.2) is 12.2 Å². The monoisotopic (exact) mass is 196 g/mol. The molecule has 0 heterocycles. The number of fused-ring (bicyclic) bond motifs is 2. The first-order valence-corrected chi connectivity index (χ1v) is 4.58. The lowest BCUT2D eigenvalue weighted by Gasteiger charge is -2.34. The van der Waals surface area contributed by atoms with E-state index in [1.807, 2.05) is 6.08 Å². The second kappa shape index (κ2) is 2.38. The lowest BCUT2D eigenvalue weighted by molar-refractivity contribution is -0.165. The van der Waals surface area contributed by atoms with Gasteiger partial charge in [0.1, 0.15) is 5.41 Å².